The number of aliphatic carboxylic acids is 2. The smallest absolute Gasteiger partial charge is 0.341 e. The zero-order chi connectivity index (χ0) is 19.8. The van der Waals surface area contributed by atoms with Gasteiger partial charge in [0.2, 0.25) is 0 Å². The molecule has 0 bridgehead atoms. The number of allylic oxidation sites excluding steroid dienone is 1. The number of rotatable bonds is 17. The summed E-state index contributed by atoms with van der Waals surface area (Å²) >= 11 is 2.00. The van der Waals surface area contributed by atoms with E-state index < -0.39 is 11.9 Å². The third-order valence-electron chi connectivity index (χ3n) is 4.82. The van der Waals surface area contributed by atoms with E-state index in [-0.39, 0.29) is 6.42 Å². The quantitative estimate of drug-likeness (QED) is 0.134. The Morgan fingerprint density at radius 1 is 0.808 bits per heavy atom. The lowest BCUT2D eigenvalue weighted by atomic mass is 9.88. The average Bonchev–Trinajstić information content (AvgIpc) is 2.59. The van der Waals surface area contributed by atoms with Gasteiger partial charge in [0.25, 0.3) is 0 Å². The summed E-state index contributed by atoms with van der Waals surface area (Å²) < 4.78 is 0.505. The van der Waals surface area contributed by atoms with Crippen molar-refractivity contribution < 1.29 is 19.8 Å². The van der Waals surface area contributed by atoms with Crippen LogP contribution in [0.3, 0.4) is 0 Å². The largest absolute Gasteiger partial charge is 0.481 e. The summed E-state index contributed by atoms with van der Waals surface area (Å²) in [6.45, 7) is 4.42. The second kappa shape index (κ2) is 16.6. The Balaban J connectivity index is 4.49. The Morgan fingerprint density at radius 2 is 1.42 bits per heavy atom. The van der Waals surface area contributed by atoms with Crippen molar-refractivity contribution in [2.75, 3.05) is 0 Å². The minimum absolute atomic E-state index is 0.249. The van der Waals surface area contributed by atoms with Crippen LogP contribution in [0.2, 0.25) is 0 Å². The average molecular weight is 480 g/mol. The standard InChI is InChI=1S/C21H37IO4/c1-3-5-9-13-17(12-4-2)16-18(20(22)21(25)26)14-10-7-6-8-11-15-19(23)24/h17H,3-16H2,1-2H3,(H,23,24)(H,25,26). The van der Waals surface area contributed by atoms with E-state index in [1.54, 1.807) is 0 Å². The Hall–Kier alpha value is -0.590. The molecular formula is C21H37IO4. The first kappa shape index (κ1) is 25.4. The highest BCUT2D eigenvalue weighted by Crippen LogP contribution is 2.30. The second-order valence-electron chi connectivity index (χ2n) is 7.24. The topological polar surface area (TPSA) is 74.6 Å². The Morgan fingerprint density at radius 3 is 1.96 bits per heavy atom. The van der Waals surface area contributed by atoms with E-state index in [1.807, 2.05) is 22.6 Å². The number of carboxylic acids is 2. The first-order valence-electron chi connectivity index (χ1n) is 10.2. The van der Waals surface area contributed by atoms with E-state index in [2.05, 4.69) is 13.8 Å². The van der Waals surface area contributed by atoms with E-state index in [9.17, 15) is 14.7 Å². The maximum absolute atomic E-state index is 11.5. The van der Waals surface area contributed by atoms with Gasteiger partial charge in [0.15, 0.2) is 0 Å². The third-order valence-corrected chi connectivity index (χ3v) is 6.04. The fourth-order valence-electron chi connectivity index (χ4n) is 3.39. The van der Waals surface area contributed by atoms with Crippen molar-refractivity contribution in [1.29, 1.82) is 0 Å². The Labute approximate surface area is 173 Å². The van der Waals surface area contributed by atoms with Crippen molar-refractivity contribution in [2.24, 2.45) is 5.92 Å². The number of carboxylic acid groups (broad SMARTS) is 2. The van der Waals surface area contributed by atoms with Crippen LogP contribution in [-0.4, -0.2) is 22.2 Å². The molecule has 0 aliphatic carbocycles. The molecule has 0 aromatic rings. The summed E-state index contributed by atoms with van der Waals surface area (Å²) in [5.74, 6) is -0.927. The first-order chi connectivity index (χ1) is 12.4. The number of carbonyl (C=O) groups is 2. The van der Waals surface area contributed by atoms with Gasteiger partial charge in [0, 0.05) is 6.42 Å². The van der Waals surface area contributed by atoms with Crippen molar-refractivity contribution in [1.82, 2.24) is 0 Å². The van der Waals surface area contributed by atoms with E-state index in [4.69, 9.17) is 5.11 Å². The summed E-state index contributed by atoms with van der Waals surface area (Å²) in [6.07, 6.45) is 14.0. The van der Waals surface area contributed by atoms with Gasteiger partial charge in [0.05, 0.1) is 3.58 Å². The summed E-state index contributed by atoms with van der Waals surface area (Å²) in [5.41, 5.74) is 1.11. The molecular weight excluding hydrogens is 443 g/mol. The number of halogens is 1. The van der Waals surface area contributed by atoms with Crippen LogP contribution in [0, 0.1) is 5.92 Å². The molecule has 0 aromatic heterocycles. The van der Waals surface area contributed by atoms with E-state index in [0.717, 1.165) is 56.9 Å². The molecule has 1 unspecified atom stereocenters. The molecule has 0 aliphatic heterocycles. The molecule has 5 heteroatoms. The fraction of sp³-hybridized carbons (Fsp3) is 0.810. The predicted octanol–water partition coefficient (Wildman–Crippen LogP) is 6.96. The maximum atomic E-state index is 11.5. The van der Waals surface area contributed by atoms with Gasteiger partial charge in [-0.05, 0) is 59.8 Å². The molecule has 0 fully saturated rings. The lowest BCUT2D eigenvalue weighted by Gasteiger charge is -2.19. The Kier molecular flexibility index (Phi) is 16.2. The highest BCUT2D eigenvalue weighted by atomic mass is 127. The number of unbranched alkanes of at least 4 members (excludes halogenated alkanes) is 6. The van der Waals surface area contributed by atoms with E-state index >= 15 is 0 Å². The first-order valence-corrected chi connectivity index (χ1v) is 11.3. The molecule has 0 aromatic carbocycles. The van der Waals surface area contributed by atoms with Crippen LogP contribution in [0.1, 0.15) is 104 Å². The van der Waals surface area contributed by atoms with Crippen molar-refractivity contribution in [3.8, 4) is 0 Å². The lowest BCUT2D eigenvalue weighted by molar-refractivity contribution is -0.137. The zero-order valence-electron chi connectivity index (χ0n) is 16.6. The Bertz CT molecular complexity index is 432. The van der Waals surface area contributed by atoms with Crippen molar-refractivity contribution in [2.45, 2.75) is 104 Å². The zero-order valence-corrected chi connectivity index (χ0v) is 18.7. The highest BCUT2D eigenvalue weighted by molar-refractivity contribution is 14.1. The highest BCUT2D eigenvalue weighted by Gasteiger charge is 2.16. The third kappa shape index (κ3) is 13.6. The monoisotopic (exact) mass is 480 g/mol. The molecule has 0 spiro atoms. The van der Waals surface area contributed by atoms with Gasteiger partial charge in [-0.1, -0.05) is 71.6 Å². The van der Waals surface area contributed by atoms with Gasteiger partial charge in [-0.2, -0.15) is 0 Å². The molecule has 1 atom stereocenters. The van der Waals surface area contributed by atoms with Crippen molar-refractivity contribution in [3.63, 3.8) is 0 Å². The molecule has 4 nitrogen and oxygen atoms in total. The van der Waals surface area contributed by atoms with Crippen molar-refractivity contribution >= 4 is 34.5 Å². The predicted molar refractivity (Wildman–Crippen MR) is 116 cm³/mol. The number of hydrogen-bond donors (Lipinski definition) is 2. The van der Waals surface area contributed by atoms with Crippen LogP contribution in [0.4, 0.5) is 0 Å². The molecule has 2 N–H and O–H groups in total. The van der Waals surface area contributed by atoms with Gasteiger partial charge >= 0.3 is 11.9 Å². The number of hydrogen-bond acceptors (Lipinski definition) is 2. The van der Waals surface area contributed by atoms with Crippen LogP contribution < -0.4 is 0 Å². The van der Waals surface area contributed by atoms with Gasteiger partial charge in [-0.3, -0.25) is 4.79 Å². The fourth-order valence-corrected chi connectivity index (χ4v) is 3.88. The second-order valence-corrected chi connectivity index (χ2v) is 8.32. The molecule has 0 saturated heterocycles. The normalized spacial score (nSPS) is 13.3. The van der Waals surface area contributed by atoms with Crippen LogP contribution in [0.25, 0.3) is 0 Å². The van der Waals surface area contributed by atoms with E-state index in [0.29, 0.717) is 9.50 Å². The SMILES string of the molecule is CCCCCC(CCC)CC(CCCCCCCC(=O)O)=C(I)C(=O)O. The summed E-state index contributed by atoms with van der Waals surface area (Å²) in [7, 11) is 0. The maximum Gasteiger partial charge on any atom is 0.341 e. The molecule has 0 radical (unpaired) electrons. The van der Waals surface area contributed by atoms with Gasteiger partial charge in [-0.15, -0.1) is 0 Å². The summed E-state index contributed by atoms with van der Waals surface area (Å²) in [4.78, 5) is 22.0. The summed E-state index contributed by atoms with van der Waals surface area (Å²) in [6, 6.07) is 0. The molecule has 0 amide bonds. The van der Waals surface area contributed by atoms with Crippen LogP contribution in [0.5, 0.6) is 0 Å². The minimum atomic E-state index is -0.800. The molecule has 152 valence electrons. The van der Waals surface area contributed by atoms with Gasteiger partial charge < -0.3 is 10.2 Å². The molecule has 0 rings (SSSR count). The molecule has 0 heterocycles. The molecule has 0 aliphatic rings. The minimum Gasteiger partial charge on any atom is -0.481 e. The van der Waals surface area contributed by atoms with Crippen LogP contribution in [0.15, 0.2) is 9.15 Å². The van der Waals surface area contributed by atoms with Gasteiger partial charge in [-0.25, -0.2) is 4.79 Å². The van der Waals surface area contributed by atoms with Crippen molar-refractivity contribution in [3.05, 3.63) is 9.15 Å². The lowest BCUT2D eigenvalue weighted by Crippen LogP contribution is -2.07. The summed E-state index contributed by atoms with van der Waals surface area (Å²) in [5, 5.41) is 18.1. The molecule has 0 saturated carbocycles. The van der Waals surface area contributed by atoms with Crippen LogP contribution in [-0.2, 0) is 9.59 Å². The van der Waals surface area contributed by atoms with Crippen LogP contribution >= 0.6 is 22.6 Å². The van der Waals surface area contributed by atoms with E-state index in [1.165, 1.54) is 32.1 Å². The van der Waals surface area contributed by atoms with Gasteiger partial charge in [0.1, 0.15) is 0 Å². The molecule has 26 heavy (non-hydrogen) atoms.